The van der Waals surface area contributed by atoms with E-state index in [1.807, 2.05) is 4.98 Å². The van der Waals surface area contributed by atoms with E-state index in [4.69, 9.17) is 0 Å². The summed E-state index contributed by atoms with van der Waals surface area (Å²) in [7, 11) is 0. The number of rotatable bonds is 2. The number of aromatic nitrogens is 3. The van der Waals surface area contributed by atoms with Crippen LogP contribution in [0.15, 0.2) is 57.0 Å². The Bertz CT molecular complexity index is 1030. The fourth-order valence-corrected chi connectivity index (χ4v) is 2.01. The third kappa shape index (κ3) is 2.33. The highest BCUT2D eigenvalue weighted by Gasteiger charge is 2.11. The first-order valence-electron chi connectivity index (χ1n) is 6.30. The van der Waals surface area contributed by atoms with E-state index in [1.54, 1.807) is 30.3 Å². The van der Waals surface area contributed by atoms with Crippen LogP contribution in [-0.2, 0) is 0 Å². The summed E-state index contributed by atoms with van der Waals surface area (Å²) < 4.78 is 0.738. The molecule has 0 saturated heterocycles. The van der Waals surface area contributed by atoms with Crippen LogP contribution in [0.4, 0.5) is 5.69 Å². The Morgan fingerprint density at radius 3 is 2.55 bits per heavy atom. The Kier molecular flexibility index (Phi) is 3.18. The molecule has 0 fully saturated rings. The Morgan fingerprint density at radius 2 is 1.82 bits per heavy atom. The van der Waals surface area contributed by atoms with Crippen LogP contribution in [0.5, 0.6) is 0 Å². The molecule has 0 spiro atoms. The molecule has 0 aliphatic heterocycles. The molecule has 1 aromatic carbocycles. The van der Waals surface area contributed by atoms with Crippen LogP contribution in [-0.4, -0.2) is 20.3 Å². The fraction of sp³-hybridized carbons (Fsp3) is 0. The number of hydrogen-bond acceptors (Lipinski definition) is 4. The average Bonchev–Trinajstić information content (AvgIpc) is 2.50. The maximum absolute atomic E-state index is 12.2. The largest absolute Gasteiger partial charge is 0.345 e. The second kappa shape index (κ2) is 5.17. The zero-order valence-electron chi connectivity index (χ0n) is 11.1. The van der Waals surface area contributed by atoms with Gasteiger partial charge in [-0.25, -0.2) is 9.20 Å². The zero-order chi connectivity index (χ0) is 15.7. The number of hydrogen-bond donors (Lipinski definition) is 3. The minimum atomic E-state index is -0.875. The molecule has 2 heterocycles. The predicted molar refractivity (Wildman–Crippen MR) is 79.3 cm³/mol. The first-order valence-corrected chi connectivity index (χ1v) is 6.30. The molecule has 110 valence electrons. The van der Waals surface area contributed by atoms with Gasteiger partial charge in [0.15, 0.2) is 0 Å². The lowest BCUT2D eigenvalue weighted by Gasteiger charge is -2.06. The highest BCUT2D eigenvalue weighted by Crippen LogP contribution is 2.04. The number of fused-ring (bicyclic) bond motifs is 1. The summed E-state index contributed by atoms with van der Waals surface area (Å²) in [6.07, 6.45) is 1.23. The molecule has 8 nitrogen and oxygen atoms in total. The third-order valence-electron chi connectivity index (χ3n) is 3.02. The summed E-state index contributed by atoms with van der Waals surface area (Å²) in [5, 5.41) is 2.43. The van der Waals surface area contributed by atoms with Crippen LogP contribution in [0, 0.1) is 0 Å². The van der Waals surface area contributed by atoms with Crippen LogP contribution < -0.4 is 22.1 Å². The number of anilines is 1. The molecule has 22 heavy (non-hydrogen) atoms. The van der Waals surface area contributed by atoms with Gasteiger partial charge in [-0.15, -0.1) is 0 Å². The van der Waals surface area contributed by atoms with E-state index in [1.165, 1.54) is 6.20 Å². The molecule has 3 rings (SSSR count). The standard InChI is InChI=1S/C14H10N4O4/c19-11-6-10-15-7-9(13(21)18(10)14(22)17-11)16-12(20)8-4-2-1-3-5-8/h1-7,15H,(H,16,20)(H,17,19,22). The van der Waals surface area contributed by atoms with Gasteiger partial charge in [0.25, 0.3) is 17.0 Å². The summed E-state index contributed by atoms with van der Waals surface area (Å²) in [5.41, 5.74) is -1.93. The van der Waals surface area contributed by atoms with E-state index in [-0.39, 0.29) is 11.3 Å². The second-order valence-corrected chi connectivity index (χ2v) is 4.49. The molecular formula is C14H10N4O4. The number of carbonyl (C=O) groups excluding carboxylic acids is 1. The topological polar surface area (TPSA) is 116 Å². The number of benzene rings is 1. The van der Waals surface area contributed by atoms with Gasteiger partial charge < -0.3 is 10.3 Å². The lowest BCUT2D eigenvalue weighted by atomic mass is 10.2. The van der Waals surface area contributed by atoms with Crippen LogP contribution in [0.1, 0.15) is 10.4 Å². The van der Waals surface area contributed by atoms with E-state index in [0.29, 0.717) is 5.56 Å². The summed E-state index contributed by atoms with van der Waals surface area (Å²) >= 11 is 0. The van der Waals surface area contributed by atoms with E-state index < -0.39 is 22.7 Å². The van der Waals surface area contributed by atoms with Crippen LogP contribution in [0.3, 0.4) is 0 Å². The first-order chi connectivity index (χ1) is 10.6. The van der Waals surface area contributed by atoms with Crippen molar-refractivity contribution in [3.8, 4) is 0 Å². The minimum Gasteiger partial charge on any atom is -0.345 e. The number of H-pyrrole nitrogens is 2. The van der Waals surface area contributed by atoms with E-state index in [2.05, 4.69) is 10.3 Å². The lowest BCUT2D eigenvalue weighted by molar-refractivity contribution is 0.102. The monoisotopic (exact) mass is 298 g/mol. The maximum Gasteiger partial charge on any atom is 0.337 e. The molecule has 0 unspecified atom stereocenters. The van der Waals surface area contributed by atoms with Crippen molar-refractivity contribution in [2.24, 2.45) is 0 Å². The Morgan fingerprint density at radius 1 is 1.09 bits per heavy atom. The normalized spacial score (nSPS) is 10.5. The molecular weight excluding hydrogens is 288 g/mol. The second-order valence-electron chi connectivity index (χ2n) is 4.49. The van der Waals surface area contributed by atoms with Crippen LogP contribution >= 0.6 is 0 Å². The van der Waals surface area contributed by atoms with E-state index in [9.17, 15) is 19.2 Å². The number of nitrogens with one attached hydrogen (secondary N) is 3. The molecule has 1 amide bonds. The van der Waals surface area contributed by atoms with Crippen LogP contribution in [0.25, 0.3) is 5.65 Å². The van der Waals surface area contributed by atoms with Gasteiger partial charge in [-0.2, -0.15) is 0 Å². The van der Waals surface area contributed by atoms with Crippen molar-refractivity contribution >= 4 is 17.2 Å². The quantitative estimate of drug-likeness (QED) is 0.614. The van der Waals surface area contributed by atoms with E-state index in [0.717, 1.165) is 10.5 Å². The van der Waals surface area contributed by atoms with E-state index >= 15 is 0 Å². The lowest BCUT2D eigenvalue weighted by Crippen LogP contribution is -2.35. The molecule has 0 aliphatic carbocycles. The van der Waals surface area contributed by atoms with Gasteiger partial charge in [0.05, 0.1) is 0 Å². The Hall–Kier alpha value is -3.42. The molecule has 8 heteroatoms. The molecule has 0 radical (unpaired) electrons. The molecule has 0 saturated carbocycles. The SMILES string of the molecule is O=C(Nc1c[nH]c2cc(=O)[nH]c(=O)n2c1=O)c1ccccc1. The van der Waals surface area contributed by atoms with Crippen molar-refractivity contribution in [2.75, 3.05) is 5.32 Å². The average molecular weight is 298 g/mol. The van der Waals surface area contributed by atoms with Crippen molar-refractivity contribution in [3.05, 3.63) is 79.4 Å². The maximum atomic E-state index is 12.2. The summed E-state index contributed by atoms with van der Waals surface area (Å²) in [5.74, 6) is -0.483. The third-order valence-corrected chi connectivity index (χ3v) is 3.02. The summed E-state index contributed by atoms with van der Waals surface area (Å²) in [4.78, 5) is 51.8. The van der Waals surface area contributed by atoms with Crippen molar-refractivity contribution < 1.29 is 4.79 Å². The van der Waals surface area contributed by atoms with Gasteiger partial charge in [0.1, 0.15) is 11.3 Å². The first kappa shape index (κ1) is 13.6. The van der Waals surface area contributed by atoms with Gasteiger partial charge >= 0.3 is 5.69 Å². The smallest absolute Gasteiger partial charge is 0.337 e. The van der Waals surface area contributed by atoms with Gasteiger partial charge in [-0.1, -0.05) is 18.2 Å². The Balaban J connectivity index is 2.08. The molecule has 2 aromatic heterocycles. The van der Waals surface area contributed by atoms with Gasteiger partial charge in [0.2, 0.25) is 0 Å². The molecule has 0 bridgehead atoms. The number of amides is 1. The summed E-state index contributed by atoms with van der Waals surface area (Å²) in [6, 6.07) is 9.40. The van der Waals surface area contributed by atoms with Gasteiger partial charge in [-0.3, -0.25) is 19.4 Å². The van der Waals surface area contributed by atoms with Crippen molar-refractivity contribution in [1.82, 2.24) is 14.4 Å². The van der Waals surface area contributed by atoms with Crippen molar-refractivity contribution in [2.45, 2.75) is 0 Å². The summed E-state index contributed by atoms with van der Waals surface area (Å²) in [6.45, 7) is 0. The number of nitrogens with zero attached hydrogens (tertiary/aromatic N) is 1. The van der Waals surface area contributed by atoms with Gasteiger partial charge in [0, 0.05) is 17.8 Å². The minimum absolute atomic E-state index is 0.0384. The van der Waals surface area contributed by atoms with Crippen LogP contribution in [0.2, 0.25) is 0 Å². The molecule has 3 aromatic rings. The van der Waals surface area contributed by atoms with Crippen molar-refractivity contribution in [3.63, 3.8) is 0 Å². The molecule has 0 aliphatic rings. The predicted octanol–water partition coefficient (Wildman–Crippen LogP) is -0.0716. The van der Waals surface area contributed by atoms with Crippen molar-refractivity contribution in [1.29, 1.82) is 0 Å². The zero-order valence-corrected chi connectivity index (χ0v) is 11.1. The molecule has 0 atom stereocenters. The van der Waals surface area contributed by atoms with Gasteiger partial charge in [-0.05, 0) is 12.1 Å². The number of carbonyl (C=O) groups is 1. The number of aromatic amines is 2. The fourth-order valence-electron chi connectivity index (χ4n) is 2.01. The highest BCUT2D eigenvalue weighted by atomic mass is 16.2. The molecule has 3 N–H and O–H groups in total. The highest BCUT2D eigenvalue weighted by molar-refractivity contribution is 6.04. The Labute approximate surface area is 122 Å².